The first-order valence-electron chi connectivity index (χ1n) is 8.37. The van der Waals surface area contributed by atoms with Crippen molar-refractivity contribution in [2.45, 2.75) is 0 Å². The van der Waals surface area contributed by atoms with E-state index in [9.17, 15) is 14.9 Å². The Morgan fingerprint density at radius 1 is 1.19 bits per heavy atom. The molecule has 0 saturated carbocycles. The molecule has 0 unspecified atom stereocenters. The lowest BCUT2D eigenvalue weighted by Gasteiger charge is -2.35. The Morgan fingerprint density at radius 3 is 2.59 bits per heavy atom. The summed E-state index contributed by atoms with van der Waals surface area (Å²) in [6.07, 6.45) is 0. The van der Waals surface area contributed by atoms with Gasteiger partial charge in [0.1, 0.15) is 11.4 Å². The van der Waals surface area contributed by atoms with Gasteiger partial charge in [-0.3, -0.25) is 10.1 Å². The van der Waals surface area contributed by atoms with Crippen LogP contribution in [0.5, 0.6) is 5.75 Å². The quantitative estimate of drug-likeness (QED) is 0.636. The van der Waals surface area contributed by atoms with E-state index in [1.54, 1.807) is 48.4 Å². The summed E-state index contributed by atoms with van der Waals surface area (Å²) in [6, 6.07) is 11.5. The summed E-state index contributed by atoms with van der Waals surface area (Å²) in [6.45, 7) is 1.90. The van der Waals surface area contributed by atoms with Crippen molar-refractivity contribution in [2.24, 2.45) is 0 Å². The van der Waals surface area contributed by atoms with Crippen LogP contribution in [0.3, 0.4) is 0 Å². The Kier molecular flexibility index (Phi) is 5.66. The maximum atomic E-state index is 12.5. The maximum Gasteiger partial charge on any atom is 0.321 e. The van der Waals surface area contributed by atoms with Gasteiger partial charge in [0.15, 0.2) is 0 Å². The Bertz CT molecular complexity index is 853. The molecule has 8 nitrogen and oxygen atoms in total. The highest BCUT2D eigenvalue weighted by Crippen LogP contribution is 2.31. The molecule has 0 radical (unpaired) electrons. The zero-order valence-corrected chi connectivity index (χ0v) is 15.5. The van der Waals surface area contributed by atoms with Crippen molar-refractivity contribution in [3.8, 4) is 5.75 Å². The van der Waals surface area contributed by atoms with Crippen LogP contribution < -0.4 is 15.0 Å². The number of carbonyl (C=O) groups excluding carboxylic acids is 1. The molecule has 0 atom stereocenters. The highest BCUT2D eigenvalue weighted by Gasteiger charge is 2.26. The summed E-state index contributed by atoms with van der Waals surface area (Å²) in [5, 5.41) is 14.4. The molecular formula is C18H19ClN4O4. The third kappa shape index (κ3) is 4.40. The number of hydrogen-bond donors (Lipinski definition) is 1. The number of anilines is 2. The Balaban J connectivity index is 1.63. The number of nitro groups is 1. The first-order chi connectivity index (χ1) is 13.0. The second-order valence-corrected chi connectivity index (χ2v) is 6.46. The van der Waals surface area contributed by atoms with Gasteiger partial charge in [0.2, 0.25) is 0 Å². The van der Waals surface area contributed by atoms with Gasteiger partial charge >= 0.3 is 6.03 Å². The topological polar surface area (TPSA) is 88.0 Å². The Labute approximate surface area is 161 Å². The van der Waals surface area contributed by atoms with E-state index >= 15 is 0 Å². The smallest absolute Gasteiger partial charge is 0.321 e. The normalized spacial score (nSPS) is 14.0. The van der Waals surface area contributed by atoms with E-state index in [-0.39, 0.29) is 11.7 Å². The predicted octanol–water partition coefficient (Wildman–Crippen LogP) is 3.61. The fraction of sp³-hybridized carbons (Fsp3) is 0.278. The molecular weight excluding hydrogens is 372 g/mol. The van der Waals surface area contributed by atoms with Gasteiger partial charge in [0.25, 0.3) is 5.69 Å². The lowest BCUT2D eigenvalue weighted by molar-refractivity contribution is -0.384. The number of rotatable bonds is 4. The lowest BCUT2D eigenvalue weighted by Crippen LogP contribution is -2.50. The first-order valence-corrected chi connectivity index (χ1v) is 8.74. The van der Waals surface area contributed by atoms with Crippen LogP contribution in [-0.4, -0.2) is 49.1 Å². The number of nitrogens with one attached hydrogen (secondary N) is 1. The standard InChI is InChI=1S/C18H19ClN4O4/c1-27-15-4-2-3-14(12-15)20-18(24)22-9-7-21(8-10-22)16-6-5-13(19)11-17(16)23(25)26/h2-6,11-12H,7-10H2,1H3,(H,20,24). The number of piperazine rings is 1. The number of benzene rings is 2. The second kappa shape index (κ2) is 8.13. The van der Waals surface area contributed by atoms with Crippen molar-refractivity contribution in [3.63, 3.8) is 0 Å². The number of ether oxygens (including phenoxy) is 1. The van der Waals surface area contributed by atoms with Crippen LogP contribution in [0, 0.1) is 10.1 Å². The average molecular weight is 391 g/mol. The van der Waals surface area contributed by atoms with Gasteiger partial charge in [0, 0.05) is 49.0 Å². The molecule has 142 valence electrons. The minimum Gasteiger partial charge on any atom is -0.497 e. The number of urea groups is 1. The van der Waals surface area contributed by atoms with Crippen LogP contribution in [0.25, 0.3) is 0 Å². The maximum absolute atomic E-state index is 12.5. The van der Waals surface area contributed by atoms with E-state index in [4.69, 9.17) is 16.3 Å². The fourth-order valence-electron chi connectivity index (χ4n) is 2.96. The van der Waals surface area contributed by atoms with E-state index in [0.717, 1.165) is 0 Å². The van der Waals surface area contributed by atoms with Crippen LogP contribution in [0.1, 0.15) is 0 Å². The highest BCUT2D eigenvalue weighted by atomic mass is 35.5. The number of carbonyl (C=O) groups is 1. The molecule has 0 aliphatic carbocycles. The molecule has 1 aliphatic heterocycles. The van der Waals surface area contributed by atoms with Crippen LogP contribution in [-0.2, 0) is 0 Å². The van der Waals surface area contributed by atoms with Crippen molar-refractivity contribution in [3.05, 3.63) is 57.6 Å². The summed E-state index contributed by atoms with van der Waals surface area (Å²) in [7, 11) is 1.57. The third-order valence-corrected chi connectivity index (χ3v) is 4.60. The van der Waals surface area contributed by atoms with Crippen molar-refractivity contribution in [1.82, 2.24) is 4.90 Å². The van der Waals surface area contributed by atoms with E-state index in [1.165, 1.54) is 6.07 Å². The predicted molar refractivity (Wildman–Crippen MR) is 104 cm³/mol. The number of amides is 2. The number of nitro benzene ring substituents is 1. The van der Waals surface area contributed by atoms with Gasteiger partial charge in [0.05, 0.1) is 12.0 Å². The van der Waals surface area contributed by atoms with Crippen molar-refractivity contribution in [1.29, 1.82) is 0 Å². The van der Waals surface area contributed by atoms with E-state index in [2.05, 4.69) is 5.32 Å². The molecule has 3 rings (SSSR count). The first kappa shape index (κ1) is 18.8. The van der Waals surface area contributed by atoms with Crippen molar-refractivity contribution >= 4 is 34.7 Å². The summed E-state index contributed by atoms with van der Waals surface area (Å²) in [4.78, 5) is 26.9. The number of halogens is 1. The van der Waals surface area contributed by atoms with Crippen LogP contribution in [0.2, 0.25) is 5.02 Å². The van der Waals surface area contributed by atoms with Gasteiger partial charge < -0.3 is 19.9 Å². The zero-order valence-electron chi connectivity index (χ0n) is 14.7. The molecule has 27 heavy (non-hydrogen) atoms. The minimum absolute atomic E-state index is 0.0308. The summed E-state index contributed by atoms with van der Waals surface area (Å²) in [5.41, 5.74) is 1.13. The van der Waals surface area contributed by atoms with Gasteiger partial charge in [-0.15, -0.1) is 0 Å². The largest absolute Gasteiger partial charge is 0.497 e. The third-order valence-electron chi connectivity index (χ3n) is 4.36. The van der Waals surface area contributed by atoms with Crippen molar-refractivity contribution in [2.75, 3.05) is 43.5 Å². The summed E-state index contributed by atoms with van der Waals surface area (Å²) < 4.78 is 5.15. The van der Waals surface area contributed by atoms with Gasteiger partial charge in [-0.1, -0.05) is 17.7 Å². The van der Waals surface area contributed by atoms with Crippen LogP contribution in [0.15, 0.2) is 42.5 Å². The summed E-state index contributed by atoms with van der Waals surface area (Å²) >= 11 is 5.87. The number of nitrogens with zero attached hydrogens (tertiary/aromatic N) is 3. The molecule has 1 fully saturated rings. The fourth-order valence-corrected chi connectivity index (χ4v) is 3.13. The number of methoxy groups -OCH3 is 1. The molecule has 0 aromatic heterocycles. The molecule has 2 aromatic rings. The highest BCUT2D eigenvalue weighted by molar-refractivity contribution is 6.30. The van der Waals surface area contributed by atoms with E-state index in [1.807, 2.05) is 4.90 Å². The molecule has 2 amide bonds. The van der Waals surface area contributed by atoms with Gasteiger partial charge in [-0.2, -0.15) is 0 Å². The molecule has 0 bridgehead atoms. The van der Waals surface area contributed by atoms with E-state index < -0.39 is 4.92 Å². The SMILES string of the molecule is COc1cccc(NC(=O)N2CCN(c3ccc(Cl)cc3[N+](=O)[O-])CC2)c1. The average Bonchev–Trinajstić information content (AvgIpc) is 2.68. The molecule has 1 aliphatic rings. The molecule has 1 heterocycles. The molecule has 1 N–H and O–H groups in total. The molecule has 9 heteroatoms. The number of hydrogen-bond acceptors (Lipinski definition) is 5. The van der Waals surface area contributed by atoms with E-state index in [0.29, 0.717) is 48.3 Å². The van der Waals surface area contributed by atoms with Gasteiger partial charge in [-0.05, 0) is 24.3 Å². The summed E-state index contributed by atoms with van der Waals surface area (Å²) in [5.74, 6) is 0.660. The molecule has 0 spiro atoms. The Morgan fingerprint density at radius 2 is 1.93 bits per heavy atom. The molecule has 2 aromatic carbocycles. The monoisotopic (exact) mass is 390 g/mol. The minimum atomic E-state index is -0.441. The lowest BCUT2D eigenvalue weighted by atomic mass is 10.2. The second-order valence-electron chi connectivity index (χ2n) is 6.03. The Hall–Kier alpha value is -3.00. The zero-order chi connectivity index (χ0) is 19.4. The van der Waals surface area contributed by atoms with Crippen LogP contribution in [0.4, 0.5) is 21.9 Å². The van der Waals surface area contributed by atoms with Crippen molar-refractivity contribution < 1.29 is 14.5 Å². The molecule has 1 saturated heterocycles. The van der Waals surface area contributed by atoms with Gasteiger partial charge in [-0.25, -0.2) is 4.79 Å². The van der Waals surface area contributed by atoms with Crippen LogP contribution >= 0.6 is 11.6 Å².